The normalized spacial score (nSPS) is 15.1. The number of hydrogen-bond donors (Lipinski definition) is 1. The number of rotatable bonds is 4. The second-order valence-electron chi connectivity index (χ2n) is 7.59. The zero-order valence-corrected chi connectivity index (χ0v) is 17.7. The van der Waals surface area contributed by atoms with Crippen molar-refractivity contribution in [2.24, 2.45) is 7.05 Å². The van der Waals surface area contributed by atoms with Crippen LogP contribution in [0.5, 0.6) is 0 Å². The molecule has 2 aromatic carbocycles. The molecule has 1 amide bonds. The van der Waals surface area contributed by atoms with E-state index in [2.05, 4.69) is 23.7 Å². The van der Waals surface area contributed by atoms with Gasteiger partial charge >= 0.3 is 0 Å². The third kappa shape index (κ3) is 3.45. The van der Waals surface area contributed by atoms with Crippen molar-refractivity contribution >= 4 is 32.5 Å². The molecule has 0 spiro atoms. The number of nitrogens with one attached hydrogen (secondary N) is 1. The molecule has 1 aliphatic rings. The maximum absolute atomic E-state index is 12.7. The Hall–Kier alpha value is -2.64. The number of carbonyl (C=O) groups excluding carboxylic acids is 1. The molecule has 1 N–H and O–H groups in total. The third-order valence-corrected chi connectivity index (χ3v) is 7.80. The molecule has 0 atom stereocenters. The maximum Gasteiger partial charge on any atom is 0.255 e. The number of benzene rings is 2. The SMILES string of the molecule is Cc1c(C)n(C)c2ccc(C(=O)Nc3ccc(S(=O)(=O)N4CCCC4)cc3)cc12. The van der Waals surface area contributed by atoms with Crippen molar-refractivity contribution in [3.8, 4) is 0 Å². The summed E-state index contributed by atoms with van der Waals surface area (Å²) in [4.78, 5) is 13.0. The largest absolute Gasteiger partial charge is 0.348 e. The highest BCUT2D eigenvalue weighted by Gasteiger charge is 2.27. The lowest BCUT2D eigenvalue weighted by Crippen LogP contribution is -2.27. The van der Waals surface area contributed by atoms with Crippen LogP contribution >= 0.6 is 0 Å². The number of aryl methyl sites for hydroxylation is 2. The molecule has 0 aliphatic carbocycles. The molecule has 2 heterocycles. The van der Waals surface area contributed by atoms with Crippen molar-refractivity contribution in [2.75, 3.05) is 18.4 Å². The van der Waals surface area contributed by atoms with Crippen LogP contribution in [0.3, 0.4) is 0 Å². The lowest BCUT2D eigenvalue weighted by molar-refractivity contribution is 0.102. The fraction of sp³-hybridized carbons (Fsp3) is 0.318. The van der Waals surface area contributed by atoms with Gasteiger partial charge in [0.25, 0.3) is 5.91 Å². The van der Waals surface area contributed by atoms with Crippen LogP contribution < -0.4 is 5.32 Å². The van der Waals surface area contributed by atoms with Crippen LogP contribution in [0.2, 0.25) is 0 Å². The Bertz CT molecular complexity index is 1190. The smallest absolute Gasteiger partial charge is 0.255 e. The van der Waals surface area contributed by atoms with Crippen LogP contribution in [0, 0.1) is 13.8 Å². The molecule has 0 radical (unpaired) electrons. The van der Waals surface area contributed by atoms with Crippen molar-refractivity contribution in [3.05, 3.63) is 59.3 Å². The van der Waals surface area contributed by atoms with Gasteiger partial charge in [-0.2, -0.15) is 4.31 Å². The van der Waals surface area contributed by atoms with Gasteiger partial charge in [0.15, 0.2) is 0 Å². The van der Waals surface area contributed by atoms with Gasteiger partial charge in [-0.05, 0) is 74.7 Å². The predicted octanol–water partition coefficient (Wildman–Crippen LogP) is 3.83. The first kappa shape index (κ1) is 19.7. The van der Waals surface area contributed by atoms with Gasteiger partial charge in [0.1, 0.15) is 0 Å². The fourth-order valence-electron chi connectivity index (χ4n) is 3.89. The Kier molecular flexibility index (Phi) is 4.96. The van der Waals surface area contributed by atoms with E-state index >= 15 is 0 Å². The molecule has 7 heteroatoms. The molecule has 1 saturated heterocycles. The van der Waals surface area contributed by atoms with E-state index < -0.39 is 10.0 Å². The molecule has 1 aliphatic heterocycles. The Morgan fingerprint density at radius 1 is 1.00 bits per heavy atom. The maximum atomic E-state index is 12.7. The summed E-state index contributed by atoms with van der Waals surface area (Å²) in [6.45, 7) is 5.26. The number of hydrogen-bond acceptors (Lipinski definition) is 3. The van der Waals surface area contributed by atoms with Crippen LogP contribution in [0.25, 0.3) is 10.9 Å². The highest BCUT2D eigenvalue weighted by molar-refractivity contribution is 7.89. The Morgan fingerprint density at radius 2 is 1.66 bits per heavy atom. The van der Waals surface area contributed by atoms with Gasteiger partial charge in [-0.3, -0.25) is 4.79 Å². The standard InChI is InChI=1S/C22H25N3O3S/c1-15-16(2)24(3)21-11-6-17(14-20(15)21)22(26)23-18-7-9-19(10-8-18)29(27,28)25-12-4-5-13-25/h6-11,14H,4-5,12-13H2,1-3H3,(H,23,26). The minimum atomic E-state index is -3.45. The van der Waals surface area contributed by atoms with Crippen molar-refractivity contribution in [3.63, 3.8) is 0 Å². The number of nitrogens with zero attached hydrogens (tertiary/aromatic N) is 2. The van der Waals surface area contributed by atoms with E-state index in [0.29, 0.717) is 24.3 Å². The van der Waals surface area contributed by atoms with Crippen LogP contribution in [0.4, 0.5) is 5.69 Å². The summed E-state index contributed by atoms with van der Waals surface area (Å²) >= 11 is 0. The van der Waals surface area contributed by atoms with Crippen LogP contribution in [0.1, 0.15) is 34.5 Å². The van der Waals surface area contributed by atoms with Crippen LogP contribution in [-0.2, 0) is 17.1 Å². The van der Waals surface area contributed by atoms with Crippen molar-refractivity contribution in [2.45, 2.75) is 31.6 Å². The summed E-state index contributed by atoms with van der Waals surface area (Å²) in [5.74, 6) is -0.219. The minimum Gasteiger partial charge on any atom is -0.348 e. The Morgan fingerprint density at radius 3 is 2.31 bits per heavy atom. The zero-order valence-electron chi connectivity index (χ0n) is 16.9. The van der Waals surface area contributed by atoms with E-state index in [1.54, 1.807) is 24.3 Å². The lowest BCUT2D eigenvalue weighted by Gasteiger charge is -2.15. The quantitative estimate of drug-likeness (QED) is 0.709. The average molecular weight is 412 g/mol. The summed E-state index contributed by atoms with van der Waals surface area (Å²) in [6, 6.07) is 12.0. The fourth-order valence-corrected chi connectivity index (χ4v) is 5.41. The monoisotopic (exact) mass is 411 g/mol. The first-order valence-electron chi connectivity index (χ1n) is 9.76. The molecular weight excluding hydrogens is 386 g/mol. The summed E-state index contributed by atoms with van der Waals surface area (Å²) < 4.78 is 28.9. The molecule has 29 heavy (non-hydrogen) atoms. The molecule has 0 unspecified atom stereocenters. The van der Waals surface area contributed by atoms with Gasteiger partial charge in [-0.25, -0.2) is 8.42 Å². The van der Waals surface area contributed by atoms with Crippen LogP contribution in [0.15, 0.2) is 47.4 Å². The molecule has 1 fully saturated rings. The van der Waals surface area contributed by atoms with Crippen molar-refractivity contribution in [1.29, 1.82) is 0 Å². The number of fused-ring (bicyclic) bond motifs is 1. The van der Waals surface area contributed by atoms with Gasteiger partial charge in [0.2, 0.25) is 10.0 Å². The van der Waals surface area contributed by atoms with Gasteiger partial charge in [0.05, 0.1) is 4.90 Å². The number of amides is 1. The summed E-state index contributed by atoms with van der Waals surface area (Å²) in [6.07, 6.45) is 1.80. The van der Waals surface area contributed by atoms with E-state index in [1.807, 2.05) is 25.2 Å². The number of carbonyl (C=O) groups is 1. The molecular formula is C22H25N3O3S. The molecule has 152 valence electrons. The molecule has 4 rings (SSSR count). The summed E-state index contributed by atoms with van der Waals surface area (Å²) in [7, 11) is -1.43. The molecule has 1 aromatic heterocycles. The van der Waals surface area contributed by atoms with E-state index in [1.165, 1.54) is 10.00 Å². The zero-order chi connectivity index (χ0) is 20.8. The lowest BCUT2D eigenvalue weighted by atomic mass is 10.1. The summed E-state index contributed by atoms with van der Waals surface area (Å²) in [5, 5.41) is 3.92. The number of sulfonamides is 1. The topological polar surface area (TPSA) is 71.4 Å². The first-order chi connectivity index (χ1) is 13.8. The van der Waals surface area contributed by atoms with Gasteiger partial charge in [-0.1, -0.05) is 0 Å². The average Bonchev–Trinajstić information content (AvgIpc) is 3.33. The van der Waals surface area contributed by atoms with E-state index in [0.717, 1.165) is 29.3 Å². The summed E-state index contributed by atoms with van der Waals surface area (Å²) in [5.41, 5.74) is 4.56. The van der Waals surface area contributed by atoms with Gasteiger partial charge in [0, 0.05) is 48.0 Å². The predicted molar refractivity (Wildman–Crippen MR) is 115 cm³/mol. The van der Waals surface area contributed by atoms with E-state index in [-0.39, 0.29) is 10.8 Å². The van der Waals surface area contributed by atoms with E-state index in [9.17, 15) is 13.2 Å². The molecule has 0 saturated carbocycles. The highest BCUT2D eigenvalue weighted by Crippen LogP contribution is 2.26. The molecule has 6 nitrogen and oxygen atoms in total. The van der Waals surface area contributed by atoms with E-state index in [4.69, 9.17) is 0 Å². The van der Waals surface area contributed by atoms with Gasteiger partial charge in [-0.15, -0.1) is 0 Å². The van der Waals surface area contributed by atoms with Crippen molar-refractivity contribution in [1.82, 2.24) is 8.87 Å². The van der Waals surface area contributed by atoms with Crippen molar-refractivity contribution < 1.29 is 13.2 Å². The molecule has 3 aromatic rings. The second kappa shape index (κ2) is 7.31. The van der Waals surface area contributed by atoms with Gasteiger partial charge < -0.3 is 9.88 Å². The minimum absolute atomic E-state index is 0.219. The Labute approximate surface area is 171 Å². The number of anilines is 1. The molecule has 0 bridgehead atoms. The van der Waals surface area contributed by atoms with Crippen LogP contribution in [-0.4, -0.2) is 36.3 Å². The highest BCUT2D eigenvalue weighted by atomic mass is 32.2. The Balaban J connectivity index is 1.54. The number of aromatic nitrogens is 1. The third-order valence-electron chi connectivity index (χ3n) is 5.88. The first-order valence-corrected chi connectivity index (χ1v) is 11.2. The second-order valence-corrected chi connectivity index (χ2v) is 9.53.